The number of amides is 3. The highest BCUT2D eigenvalue weighted by atomic mass is 16.2. The smallest absolute Gasteiger partial charge is 0.322 e. The number of imide groups is 1. The number of hydrogen-bond donors (Lipinski definition) is 2. The van der Waals surface area contributed by atoms with Crippen molar-refractivity contribution in [2.45, 2.75) is 38.3 Å². The highest BCUT2D eigenvalue weighted by Gasteiger charge is 2.49. The molecular formula is C16H22N4O2. The zero-order valence-corrected chi connectivity index (χ0v) is 13.0. The molecule has 22 heavy (non-hydrogen) atoms. The number of pyridine rings is 1. The first-order valence-corrected chi connectivity index (χ1v) is 7.78. The summed E-state index contributed by atoms with van der Waals surface area (Å²) in [7, 11) is 0. The van der Waals surface area contributed by atoms with Crippen molar-refractivity contribution in [2.75, 3.05) is 13.1 Å². The number of nitrogens with zero attached hydrogens (tertiary/aromatic N) is 2. The zero-order chi connectivity index (χ0) is 15.7. The van der Waals surface area contributed by atoms with Gasteiger partial charge < -0.3 is 5.32 Å². The van der Waals surface area contributed by atoms with Gasteiger partial charge in [-0.15, -0.1) is 0 Å². The first-order chi connectivity index (χ1) is 10.5. The second-order valence-corrected chi connectivity index (χ2v) is 6.41. The largest absolute Gasteiger partial charge is 0.323 e. The molecule has 0 aromatic carbocycles. The Bertz CT molecular complexity index is 577. The highest BCUT2D eigenvalue weighted by molar-refractivity contribution is 6.06. The van der Waals surface area contributed by atoms with Crippen LogP contribution >= 0.6 is 0 Å². The van der Waals surface area contributed by atoms with Crippen LogP contribution in [0.3, 0.4) is 0 Å². The van der Waals surface area contributed by atoms with Crippen molar-refractivity contribution in [3.05, 3.63) is 30.1 Å². The number of aromatic nitrogens is 1. The molecule has 3 amide bonds. The first kappa shape index (κ1) is 15.0. The molecule has 0 radical (unpaired) electrons. The number of hydrogen-bond acceptors (Lipinski definition) is 4. The van der Waals surface area contributed by atoms with E-state index in [9.17, 15) is 9.59 Å². The van der Waals surface area contributed by atoms with E-state index in [0.717, 1.165) is 25.9 Å². The van der Waals surface area contributed by atoms with Crippen LogP contribution in [0.1, 0.15) is 38.3 Å². The Hall–Kier alpha value is -1.95. The summed E-state index contributed by atoms with van der Waals surface area (Å²) in [5.41, 5.74) is 0.373. The van der Waals surface area contributed by atoms with Gasteiger partial charge in [-0.1, -0.05) is 6.07 Å². The summed E-state index contributed by atoms with van der Waals surface area (Å²) in [4.78, 5) is 30.2. The van der Waals surface area contributed by atoms with Gasteiger partial charge in [0.1, 0.15) is 5.54 Å². The normalized spacial score (nSPS) is 30.7. The van der Waals surface area contributed by atoms with E-state index >= 15 is 0 Å². The zero-order valence-electron chi connectivity index (χ0n) is 13.0. The number of carbonyl (C=O) groups excluding carboxylic acids is 2. The van der Waals surface area contributed by atoms with Crippen LogP contribution in [-0.4, -0.2) is 40.5 Å². The molecule has 2 saturated heterocycles. The lowest BCUT2D eigenvalue weighted by Crippen LogP contribution is -2.56. The predicted octanol–water partition coefficient (Wildman–Crippen LogP) is 1.45. The molecule has 118 valence electrons. The van der Waals surface area contributed by atoms with Crippen LogP contribution in [0, 0.1) is 5.92 Å². The molecule has 0 spiro atoms. The van der Waals surface area contributed by atoms with E-state index in [1.165, 1.54) is 5.56 Å². The number of nitrogens with one attached hydrogen (secondary N) is 2. The Morgan fingerprint density at radius 2 is 2.27 bits per heavy atom. The van der Waals surface area contributed by atoms with Gasteiger partial charge in [-0.3, -0.25) is 20.0 Å². The molecule has 3 atom stereocenters. The Labute approximate surface area is 130 Å². The van der Waals surface area contributed by atoms with E-state index in [1.807, 2.05) is 19.2 Å². The summed E-state index contributed by atoms with van der Waals surface area (Å²) < 4.78 is 0. The van der Waals surface area contributed by atoms with Crippen LogP contribution < -0.4 is 10.6 Å². The van der Waals surface area contributed by atoms with Crippen molar-refractivity contribution in [1.29, 1.82) is 0 Å². The average Bonchev–Trinajstić information content (AvgIpc) is 2.81. The number of rotatable bonds is 3. The molecule has 1 aromatic heterocycles. The molecule has 0 aliphatic carbocycles. The summed E-state index contributed by atoms with van der Waals surface area (Å²) in [6, 6.07) is 3.89. The van der Waals surface area contributed by atoms with Crippen LogP contribution in [0.4, 0.5) is 4.79 Å². The van der Waals surface area contributed by atoms with E-state index in [1.54, 1.807) is 6.20 Å². The second-order valence-electron chi connectivity index (χ2n) is 6.41. The first-order valence-electron chi connectivity index (χ1n) is 7.78. The van der Waals surface area contributed by atoms with Gasteiger partial charge in [0.15, 0.2) is 0 Å². The van der Waals surface area contributed by atoms with Crippen LogP contribution in [0.15, 0.2) is 24.5 Å². The Morgan fingerprint density at radius 1 is 1.45 bits per heavy atom. The molecule has 3 unspecified atom stereocenters. The maximum atomic E-state index is 12.1. The van der Waals surface area contributed by atoms with E-state index in [-0.39, 0.29) is 23.9 Å². The standard InChI is InChI=1S/C16H22N4O2/c1-11(12-5-3-7-17-9-12)20-8-4-6-13(10-20)16(2)14(21)18-15(22)19-16/h3,5,7,9,11,13H,4,6,8,10H2,1-2H3,(H2,18,19,21,22). The van der Waals surface area contributed by atoms with Gasteiger partial charge in [0, 0.05) is 30.9 Å². The van der Waals surface area contributed by atoms with E-state index in [0.29, 0.717) is 0 Å². The Kier molecular flexibility index (Phi) is 3.87. The van der Waals surface area contributed by atoms with Crippen molar-refractivity contribution < 1.29 is 9.59 Å². The third kappa shape index (κ3) is 2.59. The van der Waals surface area contributed by atoms with Crippen molar-refractivity contribution in [3.63, 3.8) is 0 Å². The molecule has 0 saturated carbocycles. The molecule has 3 rings (SSSR count). The summed E-state index contributed by atoms with van der Waals surface area (Å²) in [5.74, 6) is -0.0924. The summed E-state index contributed by atoms with van der Waals surface area (Å²) in [6.07, 6.45) is 5.63. The van der Waals surface area contributed by atoms with Gasteiger partial charge in [-0.25, -0.2) is 4.79 Å². The third-order valence-electron chi connectivity index (χ3n) is 5.06. The van der Waals surface area contributed by atoms with Crippen molar-refractivity contribution in [3.8, 4) is 0 Å². The second kappa shape index (κ2) is 5.68. The molecule has 6 nitrogen and oxygen atoms in total. The fourth-order valence-corrected chi connectivity index (χ4v) is 3.51. The van der Waals surface area contributed by atoms with Crippen LogP contribution in [0.25, 0.3) is 0 Å². The maximum absolute atomic E-state index is 12.1. The lowest BCUT2D eigenvalue weighted by atomic mass is 9.79. The molecule has 2 N–H and O–H groups in total. The number of piperidine rings is 1. The summed E-state index contributed by atoms with van der Waals surface area (Å²) >= 11 is 0. The molecular weight excluding hydrogens is 280 g/mol. The summed E-state index contributed by atoms with van der Waals surface area (Å²) in [6.45, 7) is 5.78. The minimum absolute atomic E-state index is 0.117. The number of likely N-dealkylation sites (tertiary alicyclic amines) is 1. The fraction of sp³-hybridized carbons (Fsp3) is 0.562. The van der Waals surface area contributed by atoms with Crippen molar-refractivity contribution >= 4 is 11.9 Å². The van der Waals surface area contributed by atoms with Crippen molar-refractivity contribution in [1.82, 2.24) is 20.5 Å². The van der Waals surface area contributed by atoms with Gasteiger partial charge in [0.05, 0.1) is 0 Å². The molecule has 2 aliphatic heterocycles. The highest BCUT2D eigenvalue weighted by Crippen LogP contribution is 2.33. The van der Waals surface area contributed by atoms with E-state index < -0.39 is 5.54 Å². The average molecular weight is 302 g/mol. The van der Waals surface area contributed by atoms with Gasteiger partial charge in [0.25, 0.3) is 5.91 Å². The van der Waals surface area contributed by atoms with Gasteiger partial charge in [-0.05, 0) is 44.9 Å². The van der Waals surface area contributed by atoms with E-state index in [2.05, 4.69) is 33.5 Å². The molecule has 2 fully saturated rings. The predicted molar refractivity (Wildman–Crippen MR) is 82.0 cm³/mol. The van der Waals surface area contributed by atoms with Crippen LogP contribution in [0.2, 0.25) is 0 Å². The van der Waals surface area contributed by atoms with Crippen molar-refractivity contribution in [2.24, 2.45) is 5.92 Å². The third-order valence-corrected chi connectivity index (χ3v) is 5.06. The molecule has 1 aromatic rings. The quantitative estimate of drug-likeness (QED) is 0.829. The monoisotopic (exact) mass is 302 g/mol. The molecule has 6 heteroatoms. The Morgan fingerprint density at radius 3 is 2.91 bits per heavy atom. The molecule has 2 aliphatic rings. The molecule has 0 bridgehead atoms. The number of carbonyl (C=O) groups is 2. The SMILES string of the molecule is CC(c1cccnc1)N1CCCC(C2(C)NC(=O)NC2=O)C1. The maximum Gasteiger partial charge on any atom is 0.322 e. The topological polar surface area (TPSA) is 74.3 Å². The van der Waals surface area contributed by atoms with Crippen LogP contribution in [-0.2, 0) is 4.79 Å². The fourth-order valence-electron chi connectivity index (χ4n) is 3.51. The molecule has 3 heterocycles. The summed E-state index contributed by atoms with van der Waals surface area (Å²) in [5, 5.41) is 5.17. The van der Waals surface area contributed by atoms with E-state index in [4.69, 9.17) is 0 Å². The minimum atomic E-state index is -0.801. The lowest BCUT2D eigenvalue weighted by Gasteiger charge is -2.42. The van der Waals surface area contributed by atoms with Crippen LogP contribution in [0.5, 0.6) is 0 Å². The van der Waals surface area contributed by atoms with Gasteiger partial charge in [0.2, 0.25) is 0 Å². The van der Waals surface area contributed by atoms with Gasteiger partial charge in [-0.2, -0.15) is 0 Å². The number of urea groups is 1. The lowest BCUT2D eigenvalue weighted by molar-refractivity contribution is -0.126. The Balaban J connectivity index is 1.75. The van der Waals surface area contributed by atoms with Gasteiger partial charge >= 0.3 is 6.03 Å². The minimum Gasteiger partial charge on any atom is -0.323 e.